The van der Waals surface area contributed by atoms with Crippen molar-refractivity contribution in [1.29, 1.82) is 0 Å². The first-order chi connectivity index (χ1) is 20.2. The lowest BCUT2D eigenvalue weighted by Crippen LogP contribution is -2.46. The number of H-pyrrole nitrogens is 1. The fourth-order valence-corrected chi connectivity index (χ4v) is 5.03. The van der Waals surface area contributed by atoms with Crippen LogP contribution >= 0.6 is 0 Å². The maximum absolute atomic E-state index is 13.9. The summed E-state index contributed by atoms with van der Waals surface area (Å²) in [4.78, 5) is 34.1. The number of nitrogens with one attached hydrogen (secondary N) is 2. The van der Waals surface area contributed by atoms with Gasteiger partial charge < -0.3 is 29.6 Å². The van der Waals surface area contributed by atoms with Crippen molar-refractivity contribution >= 4 is 28.5 Å². The number of aryl methyl sites for hydroxylation is 2. The van der Waals surface area contributed by atoms with E-state index in [4.69, 9.17) is 9.47 Å². The number of carbonyl (C=O) groups excluding carboxylic acids is 2. The molecule has 4 rings (SSSR count). The number of carbonyl (C=O) groups is 2. The van der Waals surface area contributed by atoms with E-state index < -0.39 is 0 Å². The van der Waals surface area contributed by atoms with Gasteiger partial charge in [-0.15, -0.1) is 0 Å². The fourth-order valence-electron chi connectivity index (χ4n) is 5.03. The van der Waals surface area contributed by atoms with Crippen LogP contribution in [-0.4, -0.2) is 60.6 Å². The molecule has 3 aromatic carbocycles. The number of fused-ring (bicyclic) bond motifs is 1. The lowest BCUT2D eigenvalue weighted by molar-refractivity contribution is -0.132. The molecule has 4 aromatic rings. The standard InChI is InChI=1S/C34H42N4O4/c1-23(2)20-38(34(40)36-28-13-11-24(3)25(4)17-28)22-33(39)37(21-26-12-14-31(41-5)32(18-26)42-6)16-15-27-19-35-30-10-8-7-9-29(27)30/h7-14,17-19,23,35H,15-16,20-22H2,1-6H3,(H,36,40). The number of urea groups is 1. The Morgan fingerprint density at radius 2 is 1.67 bits per heavy atom. The molecule has 0 saturated carbocycles. The molecule has 0 aliphatic carbocycles. The molecule has 222 valence electrons. The molecule has 0 atom stereocenters. The summed E-state index contributed by atoms with van der Waals surface area (Å²) in [6.07, 6.45) is 2.67. The van der Waals surface area contributed by atoms with Crippen LogP contribution in [0.3, 0.4) is 0 Å². The molecular formula is C34H42N4O4. The third kappa shape index (κ3) is 7.63. The van der Waals surface area contributed by atoms with Crippen molar-refractivity contribution < 1.29 is 19.1 Å². The highest BCUT2D eigenvalue weighted by molar-refractivity contribution is 5.92. The lowest BCUT2D eigenvalue weighted by Gasteiger charge is -2.29. The molecular weight excluding hydrogens is 528 g/mol. The molecule has 2 N–H and O–H groups in total. The van der Waals surface area contributed by atoms with Crippen LogP contribution in [0.25, 0.3) is 10.9 Å². The van der Waals surface area contributed by atoms with Gasteiger partial charge in [-0.1, -0.05) is 44.2 Å². The number of amides is 3. The van der Waals surface area contributed by atoms with Crippen LogP contribution in [0.4, 0.5) is 10.5 Å². The Bertz CT molecular complexity index is 1530. The highest BCUT2D eigenvalue weighted by Crippen LogP contribution is 2.28. The minimum atomic E-state index is -0.289. The monoisotopic (exact) mass is 570 g/mol. The topological polar surface area (TPSA) is 86.9 Å². The average Bonchev–Trinajstić information content (AvgIpc) is 3.39. The van der Waals surface area contributed by atoms with Crippen LogP contribution in [-0.2, 0) is 17.8 Å². The Hall–Kier alpha value is -4.46. The smallest absolute Gasteiger partial charge is 0.322 e. The van der Waals surface area contributed by atoms with E-state index >= 15 is 0 Å². The Labute approximate surface area is 248 Å². The van der Waals surface area contributed by atoms with E-state index in [2.05, 4.69) is 16.4 Å². The summed E-state index contributed by atoms with van der Waals surface area (Å²) in [6, 6.07) is 19.4. The minimum Gasteiger partial charge on any atom is -0.493 e. The highest BCUT2D eigenvalue weighted by Gasteiger charge is 2.23. The van der Waals surface area contributed by atoms with Gasteiger partial charge in [0.15, 0.2) is 11.5 Å². The molecule has 0 aliphatic rings. The predicted molar refractivity (Wildman–Crippen MR) is 168 cm³/mol. The second-order valence-electron chi connectivity index (χ2n) is 11.1. The second kappa shape index (κ2) is 13.9. The molecule has 0 aliphatic heterocycles. The third-order valence-corrected chi connectivity index (χ3v) is 7.46. The molecule has 42 heavy (non-hydrogen) atoms. The van der Waals surface area contributed by atoms with Gasteiger partial charge >= 0.3 is 6.03 Å². The zero-order valence-electron chi connectivity index (χ0n) is 25.5. The second-order valence-corrected chi connectivity index (χ2v) is 11.1. The predicted octanol–water partition coefficient (Wildman–Crippen LogP) is 6.56. The van der Waals surface area contributed by atoms with E-state index in [1.807, 2.05) is 93.4 Å². The van der Waals surface area contributed by atoms with Crippen LogP contribution in [0.15, 0.2) is 66.9 Å². The number of anilines is 1. The number of hydrogen-bond acceptors (Lipinski definition) is 4. The first-order valence-electron chi connectivity index (χ1n) is 14.3. The van der Waals surface area contributed by atoms with Gasteiger partial charge in [0.2, 0.25) is 5.91 Å². The van der Waals surface area contributed by atoms with Gasteiger partial charge in [0.1, 0.15) is 6.54 Å². The van der Waals surface area contributed by atoms with Gasteiger partial charge in [0, 0.05) is 42.4 Å². The zero-order chi connectivity index (χ0) is 30.2. The Morgan fingerprint density at radius 1 is 0.905 bits per heavy atom. The molecule has 0 fully saturated rings. The molecule has 1 aromatic heterocycles. The van der Waals surface area contributed by atoms with E-state index in [0.29, 0.717) is 43.2 Å². The van der Waals surface area contributed by atoms with E-state index in [9.17, 15) is 9.59 Å². The van der Waals surface area contributed by atoms with Crippen LogP contribution in [0.5, 0.6) is 11.5 Å². The van der Waals surface area contributed by atoms with Gasteiger partial charge in [0.25, 0.3) is 0 Å². The number of hydrogen-bond donors (Lipinski definition) is 2. The molecule has 0 bridgehead atoms. The fraction of sp³-hybridized carbons (Fsp3) is 0.353. The van der Waals surface area contributed by atoms with Gasteiger partial charge in [0.05, 0.1) is 14.2 Å². The summed E-state index contributed by atoms with van der Waals surface area (Å²) in [5.74, 6) is 1.30. The number of para-hydroxylation sites is 1. The van der Waals surface area contributed by atoms with Gasteiger partial charge in [-0.2, -0.15) is 0 Å². The molecule has 0 unspecified atom stereocenters. The average molecular weight is 571 g/mol. The van der Waals surface area contributed by atoms with Crippen molar-refractivity contribution in [1.82, 2.24) is 14.8 Å². The van der Waals surface area contributed by atoms with E-state index in [1.54, 1.807) is 19.1 Å². The largest absolute Gasteiger partial charge is 0.493 e. The quantitative estimate of drug-likeness (QED) is 0.202. The minimum absolute atomic E-state index is 0.0317. The number of ether oxygens (including phenoxy) is 2. The summed E-state index contributed by atoms with van der Waals surface area (Å²) in [6.45, 7) is 9.41. The van der Waals surface area contributed by atoms with Crippen molar-refractivity contribution in [2.75, 3.05) is 39.2 Å². The van der Waals surface area contributed by atoms with Gasteiger partial charge in [-0.3, -0.25) is 4.79 Å². The number of rotatable bonds is 12. The Kier molecular flexibility index (Phi) is 10.1. The van der Waals surface area contributed by atoms with Crippen LogP contribution in [0, 0.1) is 19.8 Å². The first kappa shape index (κ1) is 30.5. The summed E-state index contributed by atoms with van der Waals surface area (Å²) < 4.78 is 10.9. The number of aromatic amines is 1. The Balaban J connectivity index is 1.56. The van der Waals surface area contributed by atoms with Crippen molar-refractivity contribution in [2.24, 2.45) is 5.92 Å². The van der Waals surface area contributed by atoms with E-state index in [0.717, 1.165) is 33.2 Å². The van der Waals surface area contributed by atoms with Gasteiger partial charge in [-0.25, -0.2) is 4.79 Å². The highest BCUT2D eigenvalue weighted by atomic mass is 16.5. The SMILES string of the molecule is COc1ccc(CN(CCc2c[nH]c3ccccc23)C(=O)CN(CC(C)C)C(=O)Nc2ccc(C)c(C)c2)cc1OC. The maximum atomic E-state index is 13.9. The van der Waals surface area contributed by atoms with Crippen LogP contribution in [0.2, 0.25) is 0 Å². The number of methoxy groups -OCH3 is 2. The number of benzene rings is 3. The van der Waals surface area contributed by atoms with E-state index in [-0.39, 0.29) is 24.4 Å². The molecule has 0 spiro atoms. The number of aromatic nitrogens is 1. The zero-order valence-corrected chi connectivity index (χ0v) is 25.5. The van der Waals surface area contributed by atoms with Crippen molar-refractivity contribution in [3.05, 3.63) is 89.1 Å². The normalized spacial score (nSPS) is 11.0. The molecule has 3 amide bonds. The molecule has 1 heterocycles. The molecule has 8 heteroatoms. The summed E-state index contributed by atoms with van der Waals surface area (Å²) in [7, 11) is 3.19. The molecule has 0 radical (unpaired) electrons. The Morgan fingerprint density at radius 3 is 2.38 bits per heavy atom. The molecule has 8 nitrogen and oxygen atoms in total. The summed E-state index contributed by atoms with van der Waals surface area (Å²) in [5, 5.41) is 4.14. The third-order valence-electron chi connectivity index (χ3n) is 7.46. The maximum Gasteiger partial charge on any atom is 0.322 e. The van der Waals surface area contributed by atoms with Crippen molar-refractivity contribution in [2.45, 2.75) is 40.7 Å². The van der Waals surface area contributed by atoms with Crippen molar-refractivity contribution in [3.63, 3.8) is 0 Å². The van der Waals surface area contributed by atoms with Crippen LogP contribution in [0.1, 0.15) is 36.1 Å². The first-order valence-corrected chi connectivity index (χ1v) is 14.3. The molecule has 0 saturated heterocycles. The van der Waals surface area contributed by atoms with E-state index in [1.165, 1.54) is 0 Å². The summed E-state index contributed by atoms with van der Waals surface area (Å²) in [5.41, 5.74) is 6.08. The lowest BCUT2D eigenvalue weighted by atomic mass is 10.1. The van der Waals surface area contributed by atoms with Crippen LogP contribution < -0.4 is 14.8 Å². The summed E-state index contributed by atoms with van der Waals surface area (Å²) >= 11 is 0. The van der Waals surface area contributed by atoms with Crippen molar-refractivity contribution in [3.8, 4) is 11.5 Å². The number of nitrogens with zero attached hydrogens (tertiary/aromatic N) is 2. The van der Waals surface area contributed by atoms with Gasteiger partial charge in [-0.05, 0) is 78.8 Å².